The van der Waals surface area contributed by atoms with Gasteiger partial charge in [-0.25, -0.2) is 4.68 Å². The molecule has 2 aromatic carbocycles. The summed E-state index contributed by atoms with van der Waals surface area (Å²) in [6.07, 6.45) is 0. The Hall–Kier alpha value is -3.21. The lowest BCUT2D eigenvalue weighted by molar-refractivity contribution is -0.119. The molecule has 0 N–H and O–H groups in total. The molecule has 1 amide bonds. The molecule has 5 heteroatoms. The summed E-state index contributed by atoms with van der Waals surface area (Å²) in [5.74, 6) is -0.171. The lowest BCUT2D eigenvalue weighted by Gasteiger charge is -2.21. The van der Waals surface area contributed by atoms with Crippen LogP contribution in [0.1, 0.15) is 18.1 Å². The van der Waals surface area contributed by atoms with E-state index in [-0.39, 0.29) is 18.0 Å². The second kappa shape index (κ2) is 7.99. The molecular formula is C22H23N3O2. The molecule has 1 aromatic heterocycles. The normalized spacial score (nSPS) is 10.6. The number of amides is 1. The zero-order valence-electron chi connectivity index (χ0n) is 15.8. The minimum absolute atomic E-state index is 0.0970. The van der Waals surface area contributed by atoms with Gasteiger partial charge >= 0.3 is 0 Å². The van der Waals surface area contributed by atoms with E-state index in [2.05, 4.69) is 12.0 Å². The van der Waals surface area contributed by atoms with E-state index in [4.69, 9.17) is 0 Å². The lowest BCUT2D eigenvalue weighted by atomic mass is 10.0. The van der Waals surface area contributed by atoms with Crippen LogP contribution in [0, 0.1) is 13.8 Å². The maximum Gasteiger partial charge on any atom is 0.267 e. The van der Waals surface area contributed by atoms with Crippen molar-refractivity contribution < 1.29 is 4.79 Å². The van der Waals surface area contributed by atoms with E-state index >= 15 is 0 Å². The number of hydrogen-bond acceptors (Lipinski definition) is 3. The molecule has 0 aliphatic rings. The number of aryl methyl sites for hydroxylation is 2. The van der Waals surface area contributed by atoms with E-state index in [1.807, 2.05) is 62.4 Å². The predicted molar refractivity (Wildman–Crippen MR) is 108 cm³/mol. The van der Waals surface area contributed by atoms with Crippen LogP contribution in [0.5, 0.6) is 0 Å². The first-order chi connectivity index (χ1) is 13.0. The summed E-state index contributed by atoms with van der Waals surface area (Å²) in [5.41, 5.74) is 4.47. The smallest absolute Gasteiger partial charge is 0.267 e. The van der Waals surface area contributed by atoms with E-state index in [9.17, 15) is 9.59 Å². The zero-order chi connectivity index (χ0) is 19.4. The van der Waals surface area contributed by atoms with Gasteiger partial charge in [0.1, 0.15) is 6.54 Å². The van der Waals surface area contributed by atoms with Crippen LogP contribution in [0.2, 0.25) is 0 Å². The number of para-hydroxylation sites is 1. The van der Waals surface area contributed by atoms with Gasteiger partial charge in [0.15, 0.2) is 0 Å². The maximum atomic E-state index is 12.8. The minimum Gasteiger partial charge on any atom is -0.311 e. The Morgan fingerprint density at radius 3 is 2.41 bits per heavy atom. The quantitative estimate of drug-likeness (QED) is 0.698. The van der Waals surface area contributed by atoms with E-state index < -0.39 is 0 Å². The van der Waals surface area contributed by atoms with Crippen LogP contribution in [0.3, 0.4) is 0 Å². The van der Waals surface area contributed by atoms with Crippen molar-refractivity contribution in [2.24, 2.45) is 0 Å². The number of nitrogens with zero attached hydrogens (tertiary/aromatic N) is 3. The predicted octanol–water partition coefficient (Wildman–Crippen LogP) is 3.58. The number of likely N-dealkylation sites (N-methyl/N-ethyl adjacent to an activating group) is 1. The van der Waals surface area contributed by atoms with Crippen molar-refractivity contribution in [2.45, 2.75) is 27.3 Å². The molecule has 0 radical (unpaired) electrons. The molecule has 0 saturated heterocycles. The van der Waals surface area contributed by atoms with E-state index in [1.54, 1.807) is 11.0 Å². The molecule has 0 unspecified atom stereocenters. The highest BCUT2D eigenvalue weighted by Crippen LogP contribution is 2.19. The molecule has 3 rings (SSSR count). The number of carbonyl (C=O) groups is 1. The molecule has 0 aliphatic heterocycles. The molecule has 0 saturated carbocycles. The summed E-state index contributed by atoms with van der Waals surface area (Å²) in [4.78, 5) is 26.7. The fourth-order valence-electron chi connectivity index (χ4n) is 2.94. The lowest BCUT2D eigenvalue weighted by Crippen LogP contribution is -2.37. The fourth-order valence-corrected chi connectivity index (χ4v) is 2.94. The Labute approximate surface area is 158 Å². The second-order valence-corrected chi connectivity index (χ2v) is 6.49. The van der Waals surface area contributed by atoms with Gasteiger partial charge in [-0.2, -0.15) is 5.10 Å². The summed E-state index contributed by atoms with van der Waals surface area (Å²) in [6.45, 7) is 6.42. The second-order valence-electron chi connectivity index (χ2n) is 6.49. The van der Waals surface area contributed by atoms with Crippen LogP contribution in [0.15, 0.2) is 65.5 Å². The number of anilines is 1. The van der Waals surface area contributed by atoms with Gasteiger partial charge in [0.2, 0.25) is 5.91 Å². The summed E-state index contributed by atoms with van der Waals surface area (Å²) in [7, 11) is 0. The monoisotopic (exact) mass is 361 g/mol. The van der Waals surface area contributed by atoms with Gasteiger partial charge in [0.25, 0.3) is 5.56 Å². The van der Waals surface area contributed by atoms with E-state index in [1.165, 1.54) is 16.3 Å². The molecule has 1 heterocycles. The van der Waals surface area contributed by atoms with Gasteiger partial charge < -0.3 is 4.90 Å². The molecule has 138 valence electrons. The number of aromatic nitrogens is 2. The van der Waals surface area contributed by atoms with Gasteiger partial charge in [-0.05, 0) is 56.2 Å². The Bertz CT molecular complexity index is 1010. The van der Waals surface area contributed by atoms with Crippen molar-refractivity contribution in [3.63, 3.8) is 0 Å². The van der Waals surface area contributed by atoms with Crippen LogP contribution >= 0.6 is 0 Å². The average molecular weight is 361 g/mol. The first-order valence-corrected chi connectivity index (χ1v) is 9.01. The topological polar surface area (TPSA) is 55.2 Å². The average Bonchev–Trinajstić information content (AvgIpc) is 2.67. The highest BCUT2D eigenvalue weighted by molar-refractivity contribution is 5.93. The molecule has 0 spiro atoms. The zero-order valence-corrected chi connectivity index (χ0v) is 15.8. The van der Waals surface area contributed by atoms with Crippen molar-refractivity contribution in [3.8, 4) is 11.3 Å². The third-order valence-corrected chi connectivity index (χ3v) is 4.64. The van der Waals surface area contributed by atoms with Crippen LogP contribution in [-0.2, 0) is 11.3 Å². The number of hydrogen-bond donors (Lipinski definition) is 0. The van der Waals surface area contributed by atoms with Crippen LogP contribution < -0.4 is 10.5 Å². The maximum absolute atomic E-state index is 12.8. The highest BCUT2D eigenvalue weighted by Gasteiger charge is 2.16. The molecule has 0 bridgehead atoms. The number of benzene rings is 2. The highest BCUT2D eigenvalue weighted by atomic mass is 16.2. The van der Waals surface area contributed by atoms with Gasteiger partial charge in [0, 0.05) is 23.9 Å². The van der Waals surface area contributed by atoms with Gasteiger partial charge in [-0.3, -0.25) is 9.59 Å². The molecule has 0 fully saturated rings. The fraction of sp³-hybridized carbons (Fsp3) is 0.227. The van der Waals surface area contributed by atoms with E-state index in [0.717, 1.165) is 16.8 Å². The van der Waals surface area contributed by atoms with Crippen LogP contribution in [-0.4, -0.2) is 22.2 Å². The van der Waals surface area contributed by atoms with Crippen molar-refractivity contribution in [1.29, 1.82) is 0 Å². The van der Waals surface area contributed by atoms with Crippen molar-refractivity contribution in [1.82, 2.24) is 9.78 Å². The summed E-state index contributed by atoms with van der Waals surface area (Å²) < 4.78 is 1.23. The molecule has 27 heavy (non-hydrogen) atoms. The van der Waals surface area contributed by atoms with Crippen LogP contribution in [0.4, 0.5) is 5.69 Å². The van der Waals surface area contributed by atoms with Crippen LogP contribution in [0.25, 0.3) is 11.3 Å². The molecule has 0 aliphatic carbocycles. The van der Waals surface area contributed by atoms with Crippen molar-refractivity contribution >= 4 is 11.6 Å². The van der Waals surface area contributed by atoms with Gasteiger partial charge in [-0.15, -0.1) is 0 Å². The summed E-state index contributed by atoms with van der Waals surface area (Å²) in [6, 6.07) is 18.6. The molecule has 5 nitrogen and oxygen atoms in total. The SMILES string of the molecule is CCN(C(=O)Cn1nc(-c2ccc(C)c(C)c2)ccc1=O)c1ccccc1. The Morgan fingerprint density at radius 1 is 1.00 bits per heavy atom. The third kappa shape index (κ3) is 4.14. The van der Waals surface area contributed by atoms with Gasteiger partial charge in [-0.1, -0.05) is 30.3 Å². The Morgan fingerprint density at radius 2 is 1.74 bits per heavy atom. The molecular weight excluding hydrogens is 338 g/mol. The van der Waals surface area contributed by atoms with Crippen molar-refractivity contribution in [3.05, 3.63) is 82.1 Å². The summed E-state index contributed by atoms with van der Waals surface area (Å²) in [5, 5.41) is 4.42. The Kier molecular flexibility index (Phi) is 5.50. The minimum atomic E-state index is -0.292. The molecule has 0 atom stereocenters. The largest absolute Gasteiger partial charge is 0.311 e. The third-order valence-electron chi connectivity index (χ3n) is 4.64. The standard InChI is InChI=1S/C22H23N3O2/c1-4-24(19-8-6-5-7-9-19)22(27)15-25-21(26)13-12-20(23-25)18-11-10-16(2)17(3)14-18/h5-14H,4,15H2,1-3H3. The van der Waals surface area contributed by atoms with Crippen molar-refractivity contribution in [2.75, 3.05) is 11.4 Å². The van der Waals surface area contributed by atoms with E-state index in [0.29, 0.717) is 12.2 Å². The Balaban J connectivity index is 1.89. The number of carbonyl (C=O) groups excluding carboxylic acids is 1. The molecule has 3 aromatic rings. The summed E-state index contributed by atoms with van der Waals surface area (Å²) >= 11 is 0. The first-order valence-electron chi connectivity index (χ1n) is 9.01. The number of rotatable bonds is 5. The first kappa shape index (κ1) is 18.6. The van der Waals surface area contributed by atoms with Gasteiger partial charge in [0.05, 0.1) is 5.69 Å².